The van der Waals surface area contributed by atoms with Crippen LogP contribution in [-0.4, -0.2) is 33.1 Å². The molecule has 0 saturated carbocycles. The first-order valence-electron chi connectivity index (χ1n) is 9.53. The first-order valence-corrected chi connectivity index (χ1v) is 10.3. The number of para-hydroxylation sites is 1. The van der Waals surface area contributed by atoms with Gasteiger partial charge in [0.15, 0.2) is 5.65 Å². The topological polar surface area (TPSA) is 107 Å². The molecule has 4 rings (SSSR count). The zero-order valence-corrected chi connectivity index (χ0v) is 18.5. The van der Waals surface area contributed by atoms with Crippen LogP contribution in [0.2, 0.25) is 0 Å². The van der Waals surface area contributed by atoms with Gasteiger partial charge in [0.2, 0.25) is 5.91 Å². The van der Waals surface area contributed by atoms with E-state index in [1.807, 2.05) is 6.07 Å². The zero-order valence-electron chi connectivity index (χ0n) is 16.9. The molecule has 0 atom stereocenters. The second-order valence-electron chi connectivity index (χ2n) is 6.80. The molecular weight excluding hydrogens is 478 g/mol. The van der Waals surface area contributed by atoms with Gasteiger partial charge in [0.1, 0.15) is 12.3 Å². The second kappa shape index (κ2) is 9.06. The van der Waals surface area contributed by atoms with E-state index in [9.17, 15) is 14.4 Å². The van der Waals surface area contributed by atoms with Gasteiger partial charge in [-0.3, -0.25) is 9.59 Å². The Morgan fingerprint density at radius 3 is 2.50 bits per heavy atom. The molecule has 0 spiro atoms. The maximum atomic E-state index is 12.7. The Labute approximate surface area is 190 Å². The van der Waals surface area contributed by atoms with Crippen LogP contribution >= 0.6 is 15.9 Å². The van der Waals surface area contributed by atoms with Crippen LogP contribution in [-0.2, 0) is 11.3 Å². The first-order chi connectivity index (χ1) is 15.4. The average Bonchev–Trinajstić information content (AvgIpc) is 3.10. The number of rotatable bonds is 6. The Morgan fingerprint density at radius 2 is 1.78 bits per heavy atom. The van der Waals surface area contributed by atoms with E-state index in [2.05, 4.69) is 31.7 Å². The van der Waals surface area contributed by atoms with Gasteiger partial charge in [-0.25, -0.2) is 13.9 Å². The molecule has 2 amide bonds. The van der Waals surface area contributed by atoms with Crippen molar-refractivity contribution >= 4 is 44.8 Å². The number of aromatic nitrogens is 3. The van der Waals surface area contributed by atoms with Crippen molar-refractivity contribution in [3.8, 4) is 5.75 Å². The van der Waals surface area contributed by atoms with Gasteiger partial charge in [0.25, 0.3) is 5.91 Å². The lowest BCUT2D eigenvalue weighted by Gasteiger charge is -2.06. The predicted molar refractivity (Wildman–Crippen MR) is 123 cm³/mol. The first kappa shape index (κ1) is 21.3. The van der Waals surface area contributed by atoms with Crippen LogP contribution in [0.4, 0.5) is 11.4 Å². The number of halogens is 1. The quantitative estimate of drug-likeness (QED) is 0.427. The van der Waals surface area contributed by atoms with Crippen molar-refractivity contribution < 1.29 is 14.3 Å². The summed E-state index contributed by atoms with van der Waals surface area (Å²) in [5.41, 5.74) is 1.24. The van der Waals surface area contributed by atoms with E-state index >= 15 is 0 Å². The number of fused-ring (bicyclic) bond motifs is 1. The number of benzene rings is 2. The Hall–Kier alpha value is -3.92. The van der Waals surface area contributed by atoms with Crippen molar-refractivity contribution in [2.24, 2.45) is 0 Å². The summed E-state index contributed by atoms with van der Waals surface area (Å²) in [6, 6.07) is 17.1. The van der Waals surface area contributed by atoms with E-state index < -0.39 is 11.6 Å². The van der Waals surface area contributed by atoms with Crippen molar-refractivity contribution in [1.29, 1.82) is 0 Å². The van der Waals surface area contributed by atoms with Gasteiger partial charge in [0.05, 0.1) is 18.4 Å². The number of ether oxygens (including phenoxy) is 1. The summed E-state index contributed by atoms with van der Waals surface area (Å²) in [5.74, 6) is -0.115. The normalized spacial score (nSPS) is 10.7. The van der Waals surface area contributed by atoms with E-state index in [-0.39, 0.29) is 18.0 Å². The molecule has 4 aromatic rings. The maximum Gasteiger partial charge on any atom is 0.350 e. The minimum atomic E-state index is -0.527. The highest BCUT2D eigenvalue weighted by Crippen LogP contribution is 2.21. The number of methoxy groups -OCH3 is 1. The molecule has 10 heteroatoms. The van der Waals surface area contributed by atoms with Crippen LogP contribution in [0, 0.1) is 0 Å². The van der Waals surface area contributed by atoms with Crippen molar-refractivity contribution in [2.45, 2.75) is 6.54 Å². The fraction of sp³-hybridized carbons (Fsp3) is 0.0909. The summed E-state index contributed by atoms with van der Waals surface area (Å²) in [6.07, 6.45) is 1.39. The Kier molecular flexibility index (Phi) is 6.04. The molecule has 0 aliphatic rings. The van der Waals surface area contributed by atoms with Gasteiger partial charge in [-0.05, 0) is 64.5 Å². The molecule has 0 saturated heterocycles. The van der Waals surface area contributed by atoms with Crippen LogP contribution < -0.4 is 21.1 Å². The summed E-state index contributed by atoms with van der Waals surface area (Å²) >= 11 is 3.36. The average molecular weight is 496 g/mol. The van der Waals surface area contributed by atoms with E-state index in [0.717, 1.165) is 9.15 Å². The number of pyridine rings is 1. The van der Waals surface area contributed by atoms with Crippen LogP contribution in [0.5, 0.6) is 5.75 Å². The molecular formula is C22H18BrN5O4. The molecule has 2 aromatic heterocycles. The largest absolute Gasteiger partial charge is 0.497 e. The van der Waals surface area contributed by atoms with Gasteiger partial charge in [-0.1, -0.05) is 12.1 Å². The monoisotopic (exact) mass is 495 g/mol. The Morgan fingerprint density at radius 1 is 1.03 bits per heavy atom. The summed E-state index contributed by atoms with van der Waals surface area (Å²) < 4.78 is 8.10. The molecule has 162 valence electrons. The molecule has 0 bridgehead atoms. The molecule has 2 aromatic carbocycles. The standard InChI is InChI=1S/C22H18BrN5O4/c1-32-16-9-7-15(8-10-16)24-21(30)14-6-11-19-26-28(22(31)27(19)12-14)13-20(29)25-18-5-3-2-4-17(18)23/h2-12H,13H2,1H3,(H,24,30)(H,25,29). The number of carbonyl (C=O) groups is 2. The van der Waals surface area contributed by atoms with E-state index in [1.165, 1.54) is 10.6 Å². The van der Waals surface area contributed by atoms with Crippen LogP contribution in [0.25, 0.3) is 5.65 Å². The third kappa shape index (κ3) is 4.54. The highest BCUT2D eigenvalue weighted by Gasteiger charge is 2.14. The molecule has 0 radical (unpaired) electrons. The third-order valence-corrected chi connectivity index (χ3v) is 5.32. The van der Waals surface area contributed by atoms with Crippen molar-refractivity contribution in [3.05, 3.63) is 87.4 Å². The van der Waals surface area contributed by atoms with Crippen LogP contribution in [0.15, 0.2) is 76.1 Å². The third-order valence-electron chi connectivity index (χ3n) is 4.63. The maximum absolute atomic E-state index is 12.7. The lowest BCUT2D eigenvalue weighted by atomic mass is 10.2. The Bertz CT molecular complexity index is 1360. The van der Waals surface area contributed by atoms with Crippen molar-refractivity contribution in [3.63, 3.8) is 0 Å². The van der Waals surface area contributed by atoms with Gasteiger partial charge in [-0.2, -0.15) is 0 Å². The zero-order chi connectivity index (χ0) is 22.7. The fourth-order valence-corrected chi connectivity index (χ4v) is 3.41. The van der Waals surface area contributed by atoms with Gasteiger partial charge in [0, 0.05) is 16.4 Å². The molecule has 0 aliphatic heterocycles. The number of amides is 2. The van der Waals surface area contributed by atoms with Crippen LogP contribution in [0.3, 0.4) is 0 Å². The van der Waals surface area contributed by atoms with E-state index in [0.29, 0.717) is 22.8 Å². The molecule has 32 heavy (non-hydrogen) atoms. The second-order valence-corrected chi connectivity index (χ2v) is 7.65. The number of nitrogens with one attached hydrogen (secondary N) is 2. The highest BCUT2D eigenvalue weighted by molar-refractivity contribution is 9.10. The minimum absolute atomic E-state index is 0.269. The molecule has 2 N–H and O–H groups in total. The molecule has 0 aliphatic carbocycles. The summed E-state index contributed by atoms with van der Waals surface area (Å²) in [4.78, 5) is 37.7. The minimum Gasteiger partial charge on any atom is -0.497 e. The number of nitrogens with zero attached hydrogens (tertiary/aromatic N) is 3. The van der Waals surface area contributed by atoms with Crippen molar-refractivity contribution in [2.75, 3.05) is 17.7 Å². The summed E-state index contributed by atoms with van der Waals surface area (Å²) in [7, 11) is 1.56. The van der Waals surface area contributed by atoms with Gasteiger partial charge < -0.3 is 15.4 Å². The van der Waals surface area contributed by atoms with E-state index in [1.54, 1.807) is 61.7 Å². The number of anilines is 2. The molecule has 2 heterocycles. The smallest absolute Gasteiger partial charge is 0.350 e. The predicted octanol–water partition coefficient (Wildman–Crippen LogP) is 3.16. The number of carbonyl (C=O) groups excluding carboxylic acids is 2. The molecule has 0 unspecified atom stereocenters. The SMILES string of the molecule is COc1ccc(NC(=O)c2ccc3nn(CC(=O)Nc4ccccc4Br)c(=O)n3c2)cc1. The summed E-state index contributed by atoms with van der Waals surface area (Å²) in [5, 5.41) is 9.66. The fourth-order valence-electron chi connectivity index (χ4n) is 3.02. The number of hydrogen-bond acceptors (Lipinski definition) is 5. The van der Waals surface area contributed by atoms with Crippen LogP contribution in [0.1, 0.15) is 10.4 Å². The van der Waals surface area contributed by atoms with Gasteiger partial charge >= 0.3 is 5.69 Å². The highest BCUT2D eigenvalue weighted by atomic mass is 79.9. The van der Waals surface area contributed by atoms with E-state index in [4.69, 9.17) is 4.74 Å². The molecule has 0 fully saturated rings. The lowest BCUT2D eigenvalue weighted by Crippen LogP contribution is -2.28. The van der Waals surface area contributed by atoms with Crippen molar-refractivity contribution in [1.82, 2.24) is 14.2 Å². The lowest BCUT2D eigenvalue weighted by molar-refractivity contribution is -0.117. The summed E-state index contributed by atoms with van der Waals surface area (Å²) in [6.45, 7) is -0.269. The Balaban J connectivity index is 1.51. The number of hydrogen-bond donors (Lipinski definition) is 2. The molecule has 9 nitrogen and oxygen atoms in total. The van der Waals surface area contributed by atoms with Gasteiger partial charge in [-0.15, -0.1) is 5.10 Å².